The van der Waals surface area contributed by atoms with E-state index < -0.39 is 0 Å². The van der Waals surface area contributed by atoms with Gasteiger partial charge in [-0.15, -0.1) is 0 Å². The van der Waals surface area contributed by atoms with Crippen LogP contribution in [0.3, 0.4) is 0 Å². The molecule has 0 bridgehead atoms. The quantitative estimate of drug-likeness (QED) is 0.388. The standard InChI is InChI=1S/C17H23NO2/c1-18(20)17(15-5-3-2-4-6-15)10-9-13-7-8-16(19)11-14(13)12-17/h7-8,11,15,19H,1-6,9-10,12H2. The van der Waals surface area contributed by atoms with Gasteiger partial charge in [-0.2, -0.15) is 0 Å². The molecular formula is C17H23NO2. The van der Waals surface area contributed by atoms with Crippen LogP contribution in [0.25, 0.3) is 0 Å². The van der Waals surface area contributed by atoms with Crippen LogP contribution in [0.2, 0.25) is 0 Å². The Labute approximate surface area is 120 Å². The third-order valence-electron chi connectivity index (χ3n) is 5.38. The smallest absolute Gasteiger partial charge is 0.179 e. The zero-order valence-electron chi connectivity index (χ0n) is 12.0. The van der Waals surface area contributed by atoms with Gasteiger partial charge in [0, 0.05) is 18.8 Å². The van der Waals surface area contributed by atoms with Gasteiger partial charge in [0.25, 0.3) is 0 Å². The maximum Gasteiger partial charge on any atom is 0.179 e. The molecule has 0 heterocycles. The molecule has 1 fully saturated rings. The molecule has 20 heavy (non-hydrogen) atoms. The lowest BCUT2D eigenvalue weighted by atomic mass is 9.66. The predicted octanol–water partition coefficient (Wildman–Crippen LogP) is 3.41. The van der Waals surface area contributed by atoms with E-state index in [0.717, 1.165) is 42.4 Å². The lowest BCUT2D eigenvalue weighted by molar-refractivity contribution is -0.558. The fraction of sp³-hybridized carbons (Fsp3) is 0.588. The Hall–Kier alpha value is -1.51. The monoisotopic (exact) mass is 273 g/mol. The third-order valence-corrected chi connectivity index (χ3v) is 5.38. The maximum absolute atomic E-state index is 12.3. The molecule has 0 aromatic heterocycles. The summed E-state index contributed by atoms with van der Waals surface area (Å²) in [4.78, 5) is 0. The van der Waals surface area contributed by atoms with Crippen molar-refractivity contribution in [1.82, 2.24) is 0 Å². The van der Waals surface area contributed by atoms with Crippen LogP contribution in [0.1, 0.15) is 49.7 Å². The van der Waals surface area contributed by atoms with Crippen LogP contribution < -0.4 is 0 Å². The van der Waals surface area contributed by atoms with Gasteiger partial charge in [0.15, 0.2) is 5.54 Å². The Balaban J connectivity index is 1.94. The molecule has 3 rings (SSSR count). The fourth-order valence-corrected chi connectivity index (χ4v) is 4.20. The summed E-state index contributed by atoms with van der Waals surface area (Å²) in [6.07, 6.45) is 8.57. The van der Waals surface area contributed by atoms with Crippen molar-refractivity contribution in [3.05, 3.63) is 34.5 Å². The number of nitrogens with zero attached hydrogens (tertiary/aromatic N) is 1. The summed E-state index contributed by atoms with van der Waals surface area (Å²) in [6, 6.07) is 5.56. The summed E-state index contributed by atoms with van der Waals surface area (Å²) in [5, 5.41) is 22.0. The molecule has 1 aromatic carbocycles. The van der Waals surface area contributed by atoms with E-state index in [1.165, 1.54) is 24.8 Å². The maximum atomic E-state index is 12.3. The van der Waals surface area contributed by atoms with Gasteiger partial charge in [-0.3, -0.25) is 0 Å². The Morgan fingerprint density at radius 2 is 1.95 bits per heavy atom. The summed E-state index contributed by atoms with van der Waals surface area (Å²) < 4.78 is 0.982. The molecule has 0 aliphatic heterocycles. The molecule has 2 aliphatic carbocycles. The van der Waals surface area contributed by atoms with E-state index in [1.54, 1.807) is 6.07 Å². The molecule has 1 N–H and O–H groups in total. The van der Waals surface area contributed by atoms with Crippen molar-refractivity contribution >= 4 is 6.72 Å². The number of hydrogen-bond acceptors (Lipinski definition) is 2. The first-order valence-corrected chi connectivity index (χ1v) is 7.70. The van der Waals surface area contributed by atoms with Crippen LogP contribution in [0.15, 0.2) is 18.2 Å². The molecule has 0 saturated heterocycles. The second-order valence-electron chi connectivity index (χ2n) is 6.45. The first-order valence-electron chi connectivity index (χ1n) is 7.70. The average Bonchev–Trinajstić information content (AvgIpc) is 2.47. The van der Waals surface area contributed by atoms with Crippen molar-refractivity contribution in [1.29, 1.82) is 0 Å². The first kappa shape index (κ1) is 13.5. The highest BCUT2D eigenvalue weighted by atomic mass is 16.5. The number of hydroxylamine groups is 1. The van der Waals surface area contributed by atoms with Crippen LogP contribution in [-0.2, 0) is 12.8 Å². The highest BCUT2D eigenvalue weighted by Gasteiger charge is 2.48. The van der Waals surface area contributed by atoms with Crippen molar-refractivity contribution in [2.45, 2.75) is 56.9 Å². The molecule has 1 unspecified atom stereocenters. The number of aryl methyl sites for hydroxylation is 1. The molecule has 1 atom stereocenters. The number of hydrogen-bond donors (Lipinski definition) is 1. The van der Waals surface area contributed by atoms with Gasteiger partial charge in [-0.05, 0) is 42.5 Å². The molecule has 1 saturated carbocycles. The van der Waals surface area contributed by atoms with Gasteiger partial charge in [-0.1, -0.05) is 25.3 Å². The second-order valence-corrected chi connectivity index (χ2v) is 6.45. The van der Waals surface area contributed by atoms with Crippen LogP contribution in [-0.4, -0.2) is 22.1 Å². The Morgan fingerprint density at radius 3 is 2.65 bits per heavy atom. The molecule has 3 nitrogen and oxygen atoms in total. The minimum Gasteiger partial charge on any atom is -0.624 e. The van der Waals surface area contributed by atoms with Crippen molar-refractivity contribution < 1.29 is 9.85 Å². The van der Waals surface area contributed by atoms with Crippen LogP contribution >= 0.6 is 0 Å². The van der Waals surface area contributed by atoms with E-state index in [2.05, 4.69) is 6.72 Å². The normalized spacial score (nSPS) is 27.0. The van der Waals surface area contributed by atoms with E-state index >= 15 is 0 Å². The van der Waals surface area contributed by atoms with Crippen molar-refractivity contribution in [3.8, 4) is 5.75 Å². The first-order chi connectivity index (χ1) is 9.62. The molecule has 2 aliphatic rings. The number of benzene rings is 1. The number of phenols is 1. The molecule has 0 radical (unpaired) electrons. The lowest BCUT2D eigenvalue weighted by Crippen LogP contribution is -2.51. The minimum atomic E-state index is -0.360. The zero-order chi connectivity index (χ0) is 14.2. The summed E-state index contributed by atoms with van der Waals surface area (Å²) in [7, 11) is 0. The second kappa shape index (κ2) is 5.12. The van der Waals surface area contributed by atoms with E-state index in [9.17, 15) is 10.3 Å². The number of phenolic OH excluding ortho intramolecular Hbond substituents is 1. The number of rotatable bonds is 2. The van der Waals surface area contributed by atoms with Crippen LogP contribution in [0, 0.1) is 11.1 Å². The fourth-order valence-electron chi connectivity index (χ4n) is 4.20. The Morgan fingerprint density at radius 1 is 1.20 bits per heavy atom. The van der Waals surface area contributed by atoms with E-state index in [0.29, 0.717) is 11.7 Å². The zero-order valence-corrected chi connectivity index (χ0v) is 12.0. The number of fused-ring (bicyclic) bond motifs is 1. The van der Waals surface area contributed by atoms with Crippen LogP contribution in [0.4, 0.5) is 0 Å². The predicted molar refractivity (Wildman–Crippen MR) is 80.2 cm³/mol. The minimum absolute atomic E-state index is 0.296. The Bertz CT molecular complexity index is 520. The van der Waals surface area contributed by atoms with Crippen molar-refractivity contribution in [3.63, 3.8) is 0 Å². The lowest BCUT2D eigenvalue weighted by Gasteiger charge is -2.42. The van der Waals surface area contributed by atoms with Gasteiger partial charge >= 0.3 is 0 Å². The van der Waals surface area contributed by atoms with E-state index in [-0.39, 0.29) is 5.54 Å². The third kappa shape index (κ3) is 2.19. The number of aromatic hydroxyl groups is 1. The van der Waals surface area contributed by atoms with E-state index in [1.807, 2.05) is 12.1 Å². The summed E-state index contributed by atoms with van der Waals surface area (Å²) in [5.41, 5.74) is 2.05. The van der Waals surface area contributed by atoms with Gasteiger partial charge in [0.2, 0.25) is 0 Å². The average molecular weight is 273 g/mol. The van der Waals surface area contributed by atoms with Gasteiger partial charge in [0.1, 0.15) is 12.5 Å². The summed E-state index contributed by atoms with van der Waals surface area (Å²) in [5.74, 6) is 0.742. The topological polar surface area (TPSA) is 46.3 Å². The molecule has 1 aromatic rings. The SMILES string of the molecule is C=[N+]([O-])C1(C2CCCCC2)CCc2ccc(O)cc2C1. The van der Waals surface area contributed by atoms with Gasteiger partial charge in [-0.25, -0.2) is 4.74 Å². The van der Waals surface area contributed by atoms with Gasteiger partial charge < -0.3 is 10.3 Å². The highest BCUT2D eigenvalue weighted by Crippen LogP contribution is 2.43. The van der Waals surface area contributed by atoms with Crippen LogP contribution in [0.5, 0.6) is 5.75 Å². The molecular weight excluding hydrogens is 250 g/mol. The van der Waals surface area contributed by atoms with Gasteiger partial charge in [0.05, 0.1) is 0 Å². The molecule has 0 amide bonds. The summed E-state index contributed by atoms with van der Waals surface area (Å²) >= 11 is 0. The summed E-state index contributed by atoms with van der Waals surface area (Å²) in [6.45, 7) is 3.72. The van der Waals surface area contributed by atoms with Crippen molar-refractivity contribution in [2.75, 3.05) is 0 Å². The van der Waals surface area contributed by atoms with E-state index in [4.69, 9.17) is 0 Å². The highest BCUT2D eigenvalue weighted by molar-refractivity contribution is 5.38. The van der Waals surface area contributed by atoms with Crippen molar-refractivity contribution in [2.24, 2.45) is 5.92 Å². The largest absolute Gasteiger partial charge is 0.624 e. The molecule has 3 heteroatoms. The molecule has 108 valence electrons. The Kier molecular flexibility index (Phi) is 3.45. The molecule has 0 spiro atoms.